The van der Waals surface area contributed by atoms with Crippen molar-refractivity contribution < 1.29 is 9.53 Å². The average molecular weight is 398 g/mol. The number of benzene rings is 3. The molecule has 0 atom stereocenters. The Morgan fingerprint density at radius 3 is 1.67 bits per heavy atom. The highest BCUT2D eigenvalue weighted by atomic mass is 16.5. The van der Waals surface area contributed by atoms with Crippen LogP contribution in [0.15, 0.2) is 102 Å². The van der Waals surface area contributed by atoms with Gasteiger partial charge in [0, 0.05) is 6.07 Å². The van der Waals surface area contributed by atoms with E-state index in [2.05, 4.69) is 5.10 Å². The van der Waals surface area contributed by atoms with Crippen molar-refractivity contribution >= 4 is 5.97 Å². The Hall–Kier alpha value is -3.86. The molecule has 1 heterocycles. The van der Waals surface area contributed by atoms with Crippen molar-refractivity contribution in [3.05, 3.63) is 130 Å². The Morgan fingerprint density at radius 2 is 1.27 bits per heavy atom. The molecule has 150 valence electrons. The summed E-state index contributed by atoms with van der Waals surface area (Å²) in [5.41, 5.74) is 2.26. The molecule has 0 saturated carbocycles. The molecule has 5 heteroatoms. The molecule has 0 bridgehead atoms. The zero-order valence-electron chi connectivity index (χ0n) is 16.6. The predicted octanol–water partition coefficient (Wildman–Crippen LogP) is 3.73. The molecule has 3 aromatic carbocycles. The number of hydrogen-bond donors (Lipinski definition) is 1. The summed E-state index contributed by atoms with van der Waals surface area (Å²) in [4.78, 5) is 24.6. The maximum atomic E-state index is 12.5. The fourth-order valence-electron chi connectivity index (χ4n) is 4.00. The third-order valence-electron chi connectivity index (χ3n) is 5.27. The molecule has 30 heavy (non-hydrogen) atoms. The van der Waals surface area contributed by atoms with Gasteiger partial charge in [-0.05, 0) is 16.7 Å². The van der Waals surface area contributed by atoms with Gasteiger partial charge in [-0.3, -0.25) is 19.4 Å². The molecule has 4 aromatic rings. The summed E-state index contributed by atoms with van der Waals surface area (Å²) in [6.45, 7) is 0. The van der Waals surface area contributed by atoms with Gasteiger partial charge in [0.15, 0.2) is 0 Å². The Morgan fingerprint density at radius 1 is 0.833 bits per heavy atom. The monoisotopic (exact) mass is 398 g/mol. The fraction of sp³-hybridized carbons (Fsp3) is 0.120. The van der Waals surface area contributed by atoms with Crippen LogP contribution < -0.4 is 5.56 Å². The number of hydrogen-bond acceptors (Lipinski definition) is 3. The van der Waals surface area contributed by atoms with Gasteiger partial charge < -0.3 is 4.74 Å². The van der Waals surface area contributed by atoms with E-state index in [1.807, 2.05) is 91.0 Å². The van der Waals surface area contributed by atoms with Crippen molar-refractivity contribution in [1.82, 2.24) is 9.78 Å². The van der Waals surface area contributed by atoms with Gasteiger partial charge in [-0.1, -0.05) is 91.0 Å². The lowest BCUT2D eigenvalue weighted by atomic mass is 9.77. The number of ether oxygens (including phenoxy) is 1. The second kappa shape index (κ2) is 8.25. The van der Waals surface area contributed by atoms with E-state index in [0.717, 1.165) is 16.7 Å². The van der Waals surface area contributed by atoms with Crippen LogP contribution in [0, 0.1) is 0 Å². The van der Waals surface area contributed by atoms with E-state index in [-0.39, 0.29) is 12.0 Å². The van der Waals surface area contributed by atoms with E-state index in [1.54, 1.807) is 4.68 Å². The van der Waals surface area contributed by atoms with Crippen molar-refractivity contribution in [1.29, 1.82) is 0 Å². The normalized spacial score (nSPS) is 11.2. The van der Waals surface area contributed by atoms with Crippen LogP contribution in [0.4, 0.5) is 0 Å². The van der Waals surface area contributed by atoms with Gasteiger partial charge in [-0.2, -0.15) is 0 Å². The molecule has 0 saturated heterocycles. The lowest BCUT2D eigenvalue weighted by Crippen LogP contribution is -2.40. The Bertz CT molecular complexity index is 1080. The highest BCUT2D eigenvalue weighted by molar-refractivity contribution is 5.72. The SMILES string of the molecule is COC(=O)Cc1cc(=O)[nH]n1C(c1ccccc1)(c1ccccc1)c1ccccc1. The number of carbonyl (C=O) groups excluding carboxylic acids is 1. The van der Waals surface area contributed by atoms with Crippen LogP contribution in [0.5, 0.6) is 0 Å². The molecule has 4 rings (SSSR count). The number of nitrogens with one attached hydrogen (secondary N) is 1. The predicted molar refractivity (Wildman–Crippen MR) is 115 cm³/mol. The molecule has 0 fully saturated rings. The summed E-state index contributed by atoms with van der Waals surface area (Å²) in [5, 5.41) is 2.96. The van der Waals surface area contributed by atoms with Gasteiger partial charge in [0.1, 0.15) is 5.54 Å². The van der Waals surface area contributed by atoms with Gasteiger partial charge in [-0.25, -0.2) is 0 Å². The van der Waals surface area contributed by atoms with Crippen LogP contribution in [0.1, 0.15) is 22.4 Å². The second-order valence-corrected chi connectivity index (χ2v) is 7.01. The first-order chi connectivity index (χ1) is 14.7. The number of methoxy groups -OCH3 is 1. The Kier molecular flexibility index (Phi) is 5.35. The third-order valence-corrected chi connectivity index (χ3v) is 5.27. The summed E-state index contributed by atoms with van der Waals surface area (Å²) in [5.74, 6) is -0.411. The van der Waals surface area contributed by atoms with Gasteiger partial charge >= 0.3 is 5.97 Å². The molecule has 0 radical (unpaired) electrons. The highest BCUT2D eigenvalue weighted by Gasteiger charge is 2.40. The fourth-order valence-corrected chi connectivity index (χ4v) is 4.00. The van der Waals surface area contributed by atoms with E-state index in [9.17, 15) is 9.59 Å². The Balaban J connectivity index is 2.12. The summed E-state index contributed by atoms with van der Waals surface area (Å²) in [6.07, 6.45) is -0.0243. The average Bonchev–Trinajstić information content (AvgIpc) is 3.16. The van der Waals surface area contributed by atoms with E-state index >= 15 is 0 Å². The summed E-state index contributed by atoms with van der Waals surface area (Å²) < 4.78 is 6.68. The summed E-state index contributed by atoms with van der Waals surface area (Å²) in [7, 11) is 1.34. The minimum atomic E-state index is -0.879. The number of esters is 1. The number of H-pyrrole nitrogens is 1. The van der Waals surface area contributed by atoms with Crippen molar-refractivity contribution in [3.63, 3.8) is 0 Å². The zero-order valence-corrected chi connectivity index (χ0v) is 16.6. The van der Waals surface area contributed by atoms with Gasteiger partial charge in [0.25, 0.3) is 5.56 Å². The molecular formula is C25H22N2O3. The first-order valence-corrected chi connectivity index (χ1v) is 9.71. The molecule has 5 nitrogen and oxygen atoms in total. The number of rotatable bonds is 6. The molecule has 0 aliphatic heterocycles. The first-order valence-electron chi connectivity index (χ1n) is 9.71. The Labute approximate surface area is 174 Å². The molecule has 1 aromatic heterocycles. The van der Waals surface area contributed by atoms with Crippen LogP contribution in [0.2, 0.25) is 0 Å². The third kappa shape index (κ3) is 3.35. The lowest BCUT2D eigenvalue weighted by molar-refractivity contribution is -0.139. The van der Waals surface area contributed by atoms with Crippen LogP contribution in [-0.4, -0.2) is 22.9 Å². The van der Waals surface area contributed by atoms with Crippen molar-refractivity contribution in [2.45, 2.75) is 12.0 Å². The molecule has 0 spiro atoms. The maximum Gasteiger partial charge on any atom is 0.311 e. The molecule has 0 aliphatic carbocycles. The standard InChI is InChI=1S/C25H22N2O3/c1-30-24(29)18-22-17-23(28)26-27(22)25(19-11-5-2-6-12-19,20-13-7-3-8-14-20)21-15-9-4-10-16-21/h2-17H,18H2,1H3,(H,26,28). The molecule has 0 unspecified atom stereocenters. The van der Waals surface area contributed by atoms with Gasteiger partial charge in [-0.15, -0.1) is 0 Å². The van der Waals surface area contributed by atoms with Crippen molar-refractivity contribution in [2.75, 3.05) is 7.11 Å². The van der Waals surface area contributed by atoms with E-state index in [4.69, 9.17) is 4.74 Å². The van der Waals surface area contributed by atoms with Gasteiger partial charge in [0.05, 0.1) is 19.2 Å². The number of carbonyl (C=O) groups is 1. The van der Waals surface area contributed by atoms with Crippen molar-refractivity contribution in [2.24, 2.45) is 0 Å². The molecule has 1 N–H and O–H groups in total. The zero-order chi connectivity index (χ0) is 21.0. The maximum absolute atomic E-state index is 12.5. The smallest absolute Gasteiger partial charge is 0.311 e. The van der Waals surface area contributed by atoms with Crippen molar-refractivity contribution in [3.8, 4) is 0 Å². The van der Waals surface area contributed by atoms with Crippen LogP contribution in [0.3, 0.4) is 0 Å². The molecule has 0 aliphatic rings. The summed E-state index contributed by atoms with van der Waals surface area (Å²) >= 11 is 0. The minimum Gasteiger partial charge on any atom is -0.469 e. The second-order valence-electron chi connectivity index (χ2n) is 7.01. The van der Waals surface area contributed by atoms with Crippen LogP contribution in [-0.2, 0) is 21.5 Å². The lowest BCUT2D eigenvalue weighted by Gasteiger charge is -2.38. The van der Waals surface area contributed by atoms with E-state index < -0.39 is 11.5 Å². The summed E-state index contributed by atoms with van der Waals surface area (Å²) in [6, 6.07) is 31.3. The van der Waals surface area contributed by atoms with E-state index in [0.29, 0.717) is 5.69 Å². The molecular weight excluding hydrogens is 376 g/mol. The van der Waals surface area contributed by atoms with Crippen LogP contribution >= 0.6 is 0 Å². The topological polar surface area (TPSA) is 64.1 Å². The number of nitrogens with zero attached hydrogens (tertiary/aromatic N) is 1. The molecule has 0 amide bonds. The van der Waals surface area contributed by atoms with Gasteiger partial charge in [0.2, 0.25) is 0 Å². The largest absolute Gasteiger partial charge is 0.469 e. The quantitative estimate of drug-likeness (QED) is 0.398. The van der Waals surface area contributed by atoms with E-state index in [1.165, 1.54) is 13.2 Å². The minimum absolute atomic E-state index is 0.0243. The first kappa shape index (κ1) is 19.5. The highest BCUT2D eigenvalue weighted by Crippen LogP contribution is 2.40. The number of aromatic nitrogens is 2. The van der Waals surface area contributed by atoms with Crippen LogP contribution in [0.25, 0.3) is 0 Å². The number of aromatic amines is 1.